The first kappa shape index (κ1) is 12.6. The van der Waals surface area contributed by atoms with Gasteiger partial charge in [0.1, 0.15) is 0 Å². The lowest BCUT2D eigenvalue weighted by atomic mass is 10.00. The lowest BCUT2D eigenvalue weighted by Gasteiger charge is -2.06. The minimum absolute atomic E-state index is 0.0967. The summed E-state index contributed by atoms with van der Waals surface area (Å²) in [5, 5.41) is 8.99. The van der Waals surface area contributed by atoms with Gasteiger partial charge in [-0.25, -0.2) is 4.79 Å². The molecule has 0 saturated carbocycles. The molecule has 5 heteroatoms. The third kappa shape index (κ3) is 2.71. The lowest BCUT2D eigenvalue weighted by molar-refractivity contribution is 0.0696. The number of anilines is 1. The van der Waals surface area contributed by atoms with Crippen LogP contribution in [0, 0.1) is 0 Å². The van der Waals surface area contributed by atoms with Gasteiger partial charge in [0.05, 0.1) is 5.56 Å². The molecule has 0 spiro atoms. The molecule has 0 unspecified atom stereocenters. The number of carbonyl (C=O) groups excluding carboxylic acids is 1. The van der Waals surface area contributed by atoms with Gasteiger partial charge in [-0.05, 0) is 41.5 Å². The van der Waals surface area contributed by atoms with E-state index in [1.54, 1.807) is 30.3 Å². The zero-order chi connectivity index (χ0) is 14.0. The second-order valence-corrected chi connectivity index (χ2v) is 4.09. The predicted octanol–water partition coefficient (Wildman–Crippen LogP) is 1.73. The van der Waals surface area contributed by atoms with Gasteiger partial charge in [0.15, 0.2) is 0 Å². The number of aromatic carboxylic acids is 1. The topological polar surface area (TPSA) is 106 Å². The van der Waals surface area contributed by atoms with Crippen molar-refractivity contribution in [3.05, 3.63) is 53.6 Å². The average molecular weight is 256 g/mol. The molecule has 2 aromatic rings. The van der Waals surface area contributed by atoms with Crippen LogP contribution in [0.25, 0.3) is 11.1 Å². The van der Waals surface area contributed by atoms with Crippen molar-refractivity contribution in [3.63, 3.8) is 0 Å². The monoisotopic (exact) mass is 256 g/mol. The first-order valence-electron chi connectivity index (χ1n) is 5.51. The molecule has 0 aliphatic rings. The summed E-state index contributed by atoms with van der Waals surface area (Å²) in [4.78, 5) is 22.1. The molecule has 2 aromatic carbocycles. The van der Waals surface area contributed by atoms with Crippen LogP contribution in [0.2, 0.25) is 0 Å². The third-order valence-corrected chi connectivity index (χ3v) is 2.68. The molecule has 0 bridgehead atoms. The third-order valence-electron chi connectivity index (χ3n) is 2.68. The molecular formula is C14H12N2O3. The second-order valence-electron chi connectivity index (χ2n) is 4.09. The fourth-order valence-corrected chi connectivity index (χ4v) is 1.79. The molecule has 0 heterocycles. The Kier molecular flexibility index (Phi) is 3.20. The van der Waals surface area contributed by atoms with Crippen LogP contribution in [0.5, 0.6) is 0 Å². The number of nitrogens with two attached hydrogens (primary N) is 2. The molecule has 0 saturated heterocycles. The van der Waals surface area contributed by atoms with Gasteiger partial charge in [0.25, 0.3) is 0 Å². The smallest absolute Gasteiger partial charge is 0.335 e. The van der Waals surface area contributed by atoms with Crippen molar-refractivity contribution in [1.82, 2.24) is 0 Å². The first-order valence-corrected chi connectivity index (χ1v) is 5.51. The highest BCUT2D eigenvalue weighted by atomic mass is 16.4. The van der Waals surface area contributed by atoms with Crippen molar-refractivity contribution in [2.45, 2.75) is 0 Å². The summed E-state index contributed by atoms with van der Waals surface area (Å²) in [6, 6.07) is 11.2. The maximum atomic E-state index is 11.1. The molecule has 5 N–H and O–H groups in total. The normalized spacial score (nSPS) is 10.1. The van der Waals surface area contributed by atoms with Gasteiger partial charge >= 0.3 is 5.97 Å². The van der Waals surface area contributed by atoms with E-state index in [1.807, 2.05) is 0 Å². The standard InChI is InChI=1S/C14H12N2O3/c15-12-6-10(5-11(7-12)14(18)19)8-2-1-3-9(4-8)13(16)17/h1-7H,15H2,(H2,16,17)(H,18,19). The number of carbonyl (C=O) groups is 2. The minimum atomic E-state index is -1.06. The number of amides is 1. The first-order chi connectivity index (χ1) is 8.97. The summed E-state index contributed by atoms with van der Waals surface area (Å²) in [7, 11) is 0. The van der Waals surface area contributed by atoms with Crippen LogP contribution in [0.3, 0.4) is 0 Å². The van der Waals surface area contributed by atoms with Gasteiger partial charge < -0.3 is 16.6 Å². The SMILES string of the molecule is NC(=O)c1cccc(-c2cc(N)cc(C(=O)O)c2)c1. The number of primary amides is 1. The van der Waals surface area contributed by atoms with Gasteiger partial charge in [-0.1, -0.05) is 12.1 Å². The highest BCUT2D eigenvalue weighted by molar-refractivity contribution is 5.95. The van der Waals surface area contributed by atoms with Gasteiger partial charge in [0.2, 0.25) is 5.91 Å². The Morgan fingerprint density at radius 2 is 1.63 bits per heavy atom. The quantitative estimate of drug-likeness (QED) is 0.727. The molecule has 19 heavy (non-hydrogen) atoms. The van der Waals surface area contributed by atoms with E-state index < -0.39 is 11.9 Å². The van der Waals surface area contributed by atoms with Gasteiger partial charge in [-0.3, -0.25) is 4.79 Å². The second kappa shape index (κ2) is 4.81. The van der Waals surface area contributed by atoms with E-state index in [4.69, 9.17) is 16.6 Å². The van der Waals surface area contributed by atoms with Crippen LogP contribution in [0.1, 0.15) is 20.7 Å². The van der Waals surface area contributed by atoms with E-state index in [0.717, 1.165) is 0 Å². The summed E-state index contributed by atoms with van der Waals surface area (Å²) in [5.41, 5.74) is 13.0. The molecule has 5 nitrogen and oxygen atoms in total. The molecule has 0 aliphatic heterocycles. The number of carboxylic acids is 1. The number of benzene rings is 2. The zero-order valence-electron chi connectivity index (χ0n) is 9.96. The van der Waals surface area contributed by atoms with E-state index in [0.29, 0.717) is 22.4 Å². The maximum Gasteiger partial charge on any atom is 0.335 e. The van der Waals surface area contributed by atoms with Crippen LogP contribution in [0.4, 0.5) is 5.69 Å². The van der Waals surface area contributed by atoms with E-state index in [-0.39, 0.29) is 5.56 Å². The molecule has 96 valence electrons. The molecule has 0 fully saturated rings. The van der Waals surface area contributed by atoms with Crippen LogP contribution < -0.4 is 11.5 Å². The minimum Gasteiger partial charge on any atom is -0.478 e. The Morgan fingerprint density at radius 1 is 0.947 bits per heavy atom. The van der Waals surface area contributed by atoms with Crippen molar-refractivity contribution < 1.29 is 14.7 Å². The van der Waals surface area contributed by atoms with Crippen molar-refractivity contribution in [2.24, 2.45) is 5.73 Å². The summed E-state index contributed by atoms with van der Waals surface area (Å²) in [6.45, 7) is 0. The number of rotatable bonds is 3. The molecule has 2 rings (SSSR count). The van der Waals surface area contributed by atoms with E-state index in [1.165, 1.54) is 12.1 Å². The molecular weight excluding hydrogens is 244 g/mol. The summed E-state index contributed by atoms with van der Waals surface area (Å²) in [5.74, 6) is -1.59. The van der Waals surface area contributed by atoms with E-state index >= 15 is 0 Å². The summed E-state index contributed by atoms with van der Waals surface area (Å²) >= 11 is 0. The highest BCUT2D eigenvalue weighted by Gasteiger charge is 2.08. The average Bonchev–Trinajstić information content (AvgIpc) is 2.38. The molecule has 0 aromatic heterocycles. The fourth-order valence-electron chi connectivity index (χ4n) is 1.79. The van der Waals surface area contributed by atoms with E-state index in [9.17, 15) is 9.59 Å². The Balaban J connectivity index is 2.55. The zero-order valence-corrected chi connectivity index (χ0v) is 9.96. The van der Waals surface area contributed by atoms with Crippen LogP contribution in [-0.4, -0.2) is 17.0 Å². The predicted molar refractivity (Wildman–Crippen MR) is 71.8 cm³/mol. The van der Waals surface area contributed by atoms with Gasteiger partial charge in [-0.15, -0.1) is 0 Å². The molecule has 0 aliphatic carbocycles. The van der Waals surface area contributed by atoms with Crippen molar-refractivity contribution in [1.29, 1.82) is 0 Å². The lowest BCUT2D eigenvalue weighted by Crippen LogP contribution is -2.10. The van der Waals surface area contributed by atoms with Crippen LogP contribution in [-0.2, 0) is 0 Å². The van der Waals surface area contributed by atoms with Crippen molar-refractivity contribution in [3.8, 4) is 11.1 Å². The molecule has 0 radical (unpaired) electrons. The summed E-state index contributed by atoms with van der Waals surface area (Å²) in [6.07, 6.45) is 0. The van der Waals surface area contributed by atoms with Crippen molar-refractivity contribution >= 4 is 17.6 Å². The van der Waals surface area contributed by atoms with Gasteiger partial charge in [-0.2, -0.15) is 0 Å². The Hall–Kier alpha value is -2.82. The number of carboxylic acid groups (broad SMARTS) is 1. The number of nitrogen functional groups attached to an aromatic ring is 1. The van der Waals surface area contributed by atoms with Gasteiger partial charge in [0, 0.05) is 11.3 Å². The number of hydrogen-bond acceptors (Lipinski definition) is 3. The Labute approximate surface area is 109 Å². The van der Waals surface area contributed by atoms with E-state index in [2.05, 4.69) is 0 Å². The van der Waals surface area contributed by atoms with Crippen molar-refractivity contribution in [2.75, 3.05) is 5.73 Å². The maximum absolute atomic E-state index is 11.1. The molecule has 0 atom stereocenters. The fraction of sp³-hybridized carbons (Fsp3) is 0. The largest absolute Gasteiger partial charge is 0.478 e. The van der Waals surface area contributed by atoms with Crippen LogP contribution in [0.15, 0.2) is 42.5 Å². The number of hydrogen-bond donors (Lipinski definition) is 3. The molecule has 1 amide bonds. The Bertz CT molecular complexity index is 665. The highest BCUT2D eigenvalue weighted by Crippen LogP contribution is 2.24. The van der Waals surface area contributed by atoms with Crippen LogP contribution >= 0.6 is 0 Å². The Morgan fingerprint density at radius 3 is 2.26 bits per heavy atom. The summed E-state index contributed by atoms with van der Waals surface area (Å²) < 4.78 is 0.